The molecular weight excluding hydrogens is 394 g/mol. The van der Waals surface area contributed by atoms with Gasteiger partial charge in [-0.25, -0.2) is 13.8 Å². The van der Waals surface area contributed by atoms with Gasteiger partial charge in [-0.15, -0.1) is 0 Å². The van der Waals surface area contributed by atoms with E-state index >= 15 is 0 Å². The maximum atomic E-state index is 13.8. The number of benzene rings is 1. The second-order valence-corrected chi connectivity index (χ2v) is 7.40. The van der Waals surface area contributed by atoms with Crippen LogP contribution in [0.4, 0.5) is 14.6 Å². The number of hydrogen-bond donors (Lipinski definition) is 1. The van der Waals surface area contributed by atoms with Crippen LogP contribution in [0.3, 0.4) is 0 Å². The van der Waals surface area contributed by atoms with E-state index in [9.17, 15) is 13.6 Å². The number of pyridine rings is 1. The summed E-state index contributed by atoms with van der Waals surface area (Å²) in [4.78, 5) is 23.0. The summed E-state index contributed by atoms with van der Waals surface area (Å²) in [5.41, 5.74) is 2.77. The minimum Gasteiger partial charge on any atom is -0.347 e. The van der Waals surface area contributed by atoms with Crippen molar-refractivity contribution < 1.29 is 13.6 Å². The van der Waals surface area contributed by atoms with Gasteiger partial charge < -0.3 is 10.2 Å². The number of hydrogen-bond acceptors (Lipinski definition) is 4. The first kappa shape index (κ1) is 21.0. The first-order valence-electron chi connectivity index (χ1n) is 9.10. The van der Waals surface area contributed by atoms with E-state index in [0.717, 1.165) is 47.9 Å². The Labute approximate surface area is 172 Å². The number of amides is 1. The molecule has 0 fully saturated rings. The Kier molecular flexibility index (Phi) is 6.64. The van der Waals surface area contributed by atoms with E-state index in [1.165, 1.54) is 11.6 Å². The zero-order valence-corrected chi connectivity index (χ0v) is 17.3. The smallest absolute Gasteiger partial charge is 0.262 e. The lowest BCUT2D eigenvalue weighted by molar-refractivity contribution is 0.101. The lowest BCUT2D eigenvalue weighted by atomic mass is 9.96. The van der Waals surface area contributed by atoms with E-state index in [1.54, 1.807) is 31.1 Å². The summed E-state index contributed by atoms with van der Waals surface area (Å²) in [6.07, 6.45) is 4.60. The molecule has 5 nitrogen and oxygen atoms in total. The van der Waals surface area contributed by atoms with E-state index in [-0.39, 0.29) is 5.82 Å². The lowest BCUT2D eigenvalue weighted by Gasteiger charge is -2.31. The Balaban J connectivity index is 1.77. The molecule has 1 amide bonds. The molecular formula is C21H22F2N4OS. The van der Waals surface area contributed by atoms with Crippen LogP contribution in [0.5, 0.6) is 0 Å². The van der Waals surface area contributed by atoms with Crippen LogP contribution < -0.4 is 5.32 Å². The molecule has 29 heavy (non-hydrogen) atoms. The van der Waals surface area contributed by atoms with Gasteiger partial charge in [0.1, 0.15) is 23.0 Å². The number of halogens is 2. The first-order chi connectivity index (χ1) is 13.9. The van der Waals surface area contributed by atoms with Crippen molar-refractivity contribution in [1.29, 1.82) is 0 Å². The van der Waals surface area contributed by atoms with Gasteiger partial charge in [-0.1, -0.05) is 23.4 Å². The van der Waals surface area contributed by atoms with Gasteiger partial charge in [0.25, 0.3) is 5.91 Å². The molecule has 1 aliphatic rings. The molecule has 2 heterocycles. The van der Waals surface area contributed by atoms with E-state index in [1.807, 2.05) is 12.3 Å². The molecule has 2 aromatic rings. The van der Waals surface area contributed by atoms with Crippen LogP contribution in [0.15, 0.2) is 47.1 Å². The Bertz CT molecular complexity index is 953. The highest BCUT2D eigenvalue weighted by Gasteiger charge is 2.21. The van der Waals surface area contributed by atoms with Gasteiger partial charge in [0.15, 0.2) is 5.17 Å². The Morgan fingerprint density at radius 2 is 1.97 bits per heavy atom. The van der Waals surface area contributed by atoms with Crippen LogP contribution in [0.2, 0.25) is 0 Å². The average molecular weight is 416 g/mol. The van der Waals surface area contributed by atoms with Crippen molar-refractivity contribution in [2.75, 3.05) is 31.7 Å². The second-order valence-electron chi connectivity index (χ2n) is 6.62. The zero-order chi connectivity index (χ0) is 21.0. The number of carbonyl (C=O) groups excluding carboxylic acids is 1. The van der Waals surface area contributed by atoms with Crippen molar-refractivity contribution in [2.45, 2.75) is 13.3 Å². The maximum absolute atomic E-state index is 13.8. The maximum Gasteiger partial charge on any atom is 0.262 e. The van der Waals surface area contributed by atoms with Gasteiger partial charge in [-0.3, -0.25) is 9.79 Å². The lowest BCUT2D eigenvalue weighted by Crippen LogP contribution is -2.34. The standard InChI is InChI=1S/C21H22F2N4OS/c1-13-9-10-27(21(24-2)29-3)12-15(13)14-7-8-18(25-11-14)26-20(28)19-16(22)5-4-6-17(19)23/h4-8,11H,9-10,12H2,1-3H3,(H,25,26,28)/b24-21+. The van der Waals surface area contributed by atoms with Crippen molar-refractivity contribution >= 4 is 34.2 Å². The largest absolute Gasteiger partial charge is 0.347 e. The number of carbonyl (C=O) groups is 1. The third kappa shape index (κ3) is 4.64. The molecule has 8 heteroatoms. The van der Waals surface area contributed by atoms with Crippen LogP contribution >= 0.6 is 11.8 Å². The van der Waals surface area contributed by atoms with Crippen LogP contribution in [-0.2, 0) is 0 Å². The highest BCUT2D eigenvalue weighted by Crippen LogP contribution is 2.28. The van der Waals surface area contributed by atoms with Gasteiger partial charge in [0, 0.05) is 26.3 Å². The van der Waals surface area contributed by atoms with Crippen molar-refractivity contribution in [3.63, 3.8) is 0 Å². The molecule has 0 atom stereocenters. The molecule has 0 saturated carbocycles. The number of anilines is 1. The molecule has 3 rings (SSSR count). The molecule has 152 valence electrons. The van der Waals surface area contributed by atoms with Crippen molar-refractivity contribution in [3.05, 3.63) is 64.9 Å². The van der Waals surface area contributed by atoms with Crippen LogP contribution in [0.1, 0.15) is 29.3 Å². The third-order valence-electron chi connectivity index (χ3n) is 4.81. The van der Waals surface area contributed by atoms with Crippen molar-refractivity contribution in [3.8, 4) is 0 Å². The Hall–Kier alpha value is -2.74. The number of rotatable bonds is 3. The van der Waals surface area contributed by atoms with Crippen molar-refractivity contribution in [1.82, 2.24) is 9.88 Å². The molecule has 1 aliphatic heterocycles. The van der Waals surface area contributed by atoms with E-state index in [2.05, 4.69) is 27.1 Å². The SMILES string of the molecule is C/N=C(/SC)N1CCC(C)=C(c2ccc(NC(=O)c3c(F)cccc3F)nc2)C1. The summed E-state index contributed by atoms with van der Waals surface area (Å²) in [6.45, 7) is 3.75. The molecule has 0 radical (unpaired) electrons. The summed E-state index contributed by atoms with van der Waals surface area (Å²) >= 11 is 1.61. The fraction of sp³-hybridized carbons (Fsp3) is 0.286. The summed E-state index contributed by atoms with van der Waals surface area (Å²) in [5.74, 6) is -2.47. The number of aliphatic imine (C=N–C) groups is 1. The highest BCUT2D eigenvalue weighted by atomic mass is 32.2. The molecule has 1 aromatic carbocycles. The van der Waals surface area contributed by atoms with E-state index in [4.69, 9.17) is 0 Å². The van der Waals surface area contributed by atoms with Gasteiger partial charge in [0.05, 0.1) is 0 Å². The Morgan fingerprint density at radius 1 is 1.24 bits per heavy atom. The third-order valence-corrected chi connectivity index (χ3v) is 5.61. The number of aromatic nitrogens is 1. The second kappa shape index (κ2) is 9.17. The van der Waals surface area contributed by atoms with E-state index in [0.29, 0.717) is 0 Å². The molecule has 0 saturated heterocycles. The highest BCUT2D eigenvalue weighted by molar-refractivity contribution is 8.13. The summed E-state index contributed by atoms with van der Waals surface area (Å²) in [6, 6.07) is 6.78. The molecule has 0 bridgehead atoms. The van der Waals surface area contributed by atoms with Crippen LogP contribution in [-0.4, -0.2) is 47.4 Å². The predicted molar refractivity (Wildman–Crippen MR) is 114 cm³/mol. The van der Waals surface area contributed by atoms with E-state index < -0.39 is 23.1 Å². The quantitative estimate of drug-likeness (QED) is 0.594. The fourth-order valence-electron chi connectivity index (χ4n) is 3.26. The molecule has 1 aromatic heterocycles. The molecule has 0 aliphatic carbocycles. The average Bonchev–Trinajstić information content (AvgIpc) is 2.70. The first-order valence-corrected chi connectivity index (χ1v) is 10.3. The number of thioether (sulfide) groups is 1. The summed E-state index contributed by atoms with van der Waals surface area (Å²) < 4.78 is 27.5. The van der Waals surface area contributed by atoms with Gasteiger partial charge in [0.2, 0.25) is 0 Å². The molecule has 1 N–H and O–H groups in total. The van der Waals surface area contributed by atoms with Crippen molar-refractivity contribution in [2.24, 2.45) is 4.99 Å². The minimum atomic E-state index is -0.913. The fourth-order valence-corrected chi connectivity index (χ4v) is 3.86. The number of nitrogens with one attached hydrogen (secondary N) is 1. The zero-order valence-electron chi connectivity index (χ0n) is 16.5. The topological polar surface area (TPSA) is 57.6 Å². The van der Waals surface area contributed by atoms with Crippen LogP contribution in [0.25, 0.3) is 5.57 Å². The summed E-state index contributed by atoms with van der Waals surface area (Å²) in [5, 5.41) is 3.43. The minimum absolute atomic E-state index is 0.229. The number of nitrogens with zero attached hydrogens (tertiary/aromatic N) is 3. The van der Waals surface area contributed by atoms with Gasteiger partial charge in [-0.05, 0) is 55.0 Å². The molecule has 0 spiro atoms. The van der Waals surface area contributed by atoms with Crippen LogP contribution in [0, 0.1) is 11.6 Å². The predicted octanol–water partition coefficient (Wildman–Crippen LogP) is 4.44. The normalized spacial score (nSPS) is 14.9. The monoisotopic (exact) mass is 416 g/mol. The van der Waals surface area contributed by atoms with Gasteiger partial charge in [-0.2, -0.15) is 0 Å². The summed E-state index contributed by atoms with van der Waals surface area (Å²) in [7, 11) is 1.79. The Morgan fingerprint density at radius 3 is 2.55 bits per heavy atom. The molecule has 0 unspecified atom stereocenters. The number of amidine groups is 1. The van der Waals surface area contributed by atoms with Gasteiger partial charge >= 0.3 is 0 Å².